The Hall–Kier alpha value is -2.95. The normalized spacial score (nSPS) is 16.8. The van der Waals surface area contributed by atoms with Gasteiger partial charge in [0.2, 0.25) is 17.7 Å². The van der Waals surface area contributed by atoms with Gasteiger partial charge in [0.25, 0.3) is 5.91 Å². The molecule has 2 unspecified atom stereocenters. The lowest BCUT2D eigenvalue weighted by Gasteiger charge is -2.32. The van der Waals surface area contributed by atoms with Gasteiger partial charge in [0.05, 0.1) is 6.04 Å². The van der Waals surface area contributed by atoms with Gasteiger partial charge in [0.1, 0.15) is 25.2 Å². The fraction of sp³-hybridized carbons (Fsp3) is 0.788. The number of rotatable bonds is 22. The molecule has 0 bridgehead atoms. The molecule has 11 nitrogen and oxygen atoms in total. The summed E-state index contributed by atoms with van der Waals surface area (Å²) < 4.78 is 4.84. The van der Waals surface area contributed by atoms with E-state index in [2.05, 4.69) is 34.8 Å². The Balaban J connectivity index is 3.05. The molecule has 0 aromatic carbocycles. The second-order valence-electron chi connectivity index (χ2n) is 12.0. The quantitative estimate of drug-likeness (QED) is 0.0702. The first-order valence-corrected chi connectivity index (χ1v) is 16.7. The Morgan fingerprint density at radius 3 is 2.11 bits per heavy atom. The van der Waals surface area contributed by atoms with E-state index in [0.717, 1.165) is 64.2 Å². The van der Waals surface area contributed by atoms with Gasteiger partial charge in [-0.25, -0.2) is 0 Å². The maximum atomic E-state index is 13.8. The first-order valence-electron chi connectivity index (χ1n) is 16.7. The maximum absolute atomic E-state index is 13.8. The third kappa shape index (κ3) is 14.7. The summed E-state index contributed by atoms with van der Waals surface area (Å²) >= 11 is 0. The van der Waals surface area contributed by atoms with E-state index in [4.69, 9.17) is 4.74 Å². The molecular weight excluding hydrogens is 564 g/mol. The molecule has 0 aliphatic heterocycles. The molecule has 1 aliphatic rings. The predicted molar refractivity (Wildman–Crippen MR) is 170 cm³/mol. The largest absolute Gasteiger partial charge is 0.460 e. The molecule has 1 rings (SSSR count). The van der Waals surface area contributed by atoms with Gasteiger partial charge in [0, 0.05) is 5.92 Å². The lowest BCUT2D eigenvalue weighted by molar-refractivity contribution is -0.144. The Morgan fingerprint density at radius 1 is 0.818 bits per heavy atom. The van der Waals surface area contributed by atoms with Crippen LogP contribution in [0.4, 0.5) is 0 Å². The minimum Gasteiger partial charge on any atom is -0.460 e. The van der Waals surface area contributed by atoms with E-state index in [1.807, 2.05) is 20.8 Å². The highest BCUT2D eigenvalue weighted by molar-refractivity contribution is 5.93. The number of hydrogen-bond donors (Lipinski definition) is 5. The van der Waals surface area contributed by atoms with E-state index in [0.29, 0.717) is 25.7 Å². The summed E-state index contributed by atoms with van der Waals surface area (Å²) in [7, 11) is 0. The second-order valence-corrected chi connectivity index (χ2v) is 12.0. The van der Waals surface area contributed by atoms with Crippen molar-refractivity contribution in [3.63, 3.8) is 0 Å². The van der Waals surface area contributed by atoms with Crippen molar-refractivity contribution in [2.45, 2.75) is 142 Å². The molecule has 11 heteroatoms. The van der Waals surface area contributed by atoms with E-state index in [1.165, 1.54) is 6.08 Å². The van der Waals surface area contributed by atoms with Crippen LogP contribution in [0.25, 0.3) is 0 Å². The van der Waals surface area contributed by atoms with E-state index in [9.17, 15) is 29.1 Å². The number of unbranched alkanes of at least 4 members (excludes halogenated alkanes) is 3. The highest BCUT2D eigenvalue weighted by Crippen LogP contribution is 2.27. The highest BCUT2D eigenvalue weighted by atomic mass is 16.5. The molecule has 252 valence electrons. The van der Waals surface area contributed by atoms with E-state index < -0.39 is 48.6 Å². The van der Waals surface area contributed by atoms with Gasteiger partial charge in [-0.2, -0.15) is 0 Å². The van der Waals surface area contributed by atoms with Gasteiger partial charge >= 0.3 is 5.97 Å². The van der Waals surface area contributed by atoms with Crippen LogP contribution in [0.3, 0.4) is 0 Å². The SMILES string of the molecule is C=CCOC(=O)CNC(=O)C(O)C(CCC)NC(=O)[C@H](CCCCC)NC(=O)[C@@H](NC(=O)[C@@H](C)CCCC)C1CCCCC1. The van der Waals surface area contributed by atoms with Crippen molar-refractivity contribution in [3.8, 4) is 0 Å². The topological polar surface area (TPSA) is 163 Å². The number of ether oxygens (including phenoxy) is 1. The molecule has 5 atom stereocenters. The van der Waals surface area contributed by atoms with Gasteiger partial charge in [0.15, 0.2) is 6.10 Å². The van der Waals surface area contributed by atoms with E-state index >= 15 is 0 Å². The zero-order valence-electron chi connectivity index (χ0n) is 27.5. The summed E-state index contributed by atoms with van der Waals surface area (Å²) in [6, 6.07) is -2.58. The molecule has 0 saturated heterocycles. The lowest BCUT2D eigenvalue weighted by atomic mass is 9.83. The van der Waals surface area contributed by atoms with Crippen LogP contribution in [0.1, 0.15) is 118 Å². The van der Waals surface area contributed by atoms with Crippen LogP contribution in [0.15, 0.2) is 12.7 Å². The molecule has 0 aromatic rings. The standard InChI is InChI=1S/C33H58N4O7/c1-6-10-13-20-26(31(41)35-25(16-8-3)29(39)33(43)34-22-27(38)44-21-9-4)36-32(42)28(24-18-14-12-15-19-24)37-30(40)23(5)17-11-7-2/h9,23-26,28-29,39H,4,6-8,10-22H2,1-3,5H3,(H,34,43)(H,35,41)(H,36,42)(H,37,40)/t23-,25?,26-,28-,29?/m0/s1. The van der Waals surface area contributed by atoms with E-state index in [-0.39, 0.29) is 30.3 Å². The number of carbonyl (C=O) groups excluding carboxylic acids is 5. The fourth-order valence-electron chi connectivity index (χ4n) is 5.48. The van der Waals surface area contributed by atoms with Crippen molar-refractivity contribution >= 4 is 29.6 Å². The Labute approximate surface area is 264 Å². The number of esters is 1. The number of aliphatic hydroxyl groups is 1. The van der Waals surface area contributed by atoms with Crippen molar-refractivity contribution in [2.24, 2.45) is 11.8 Å². The maximum Gasteiger partial charge on any atom is 0.325 e. The average molecular weight is 623 g/mol. The summed E-state index contributed by atoms with van der Waals surface area (Å²) in [5.74, 6) is -2.77. The first kappa shape index (κ1) is 39.1. The van der Waals surface area contributed by atoms with Gasteiger partial charge < -0.3 is 31.1 Å². The first-order chi connectivity index (χ1) is 21.1. The zero-order valence-corrected chi connectivity index (χ0v) is 27.5. The van der Waals surface area contributed by atoms with Crippen LogP contribution >= 0.6 is 0 Å². The van der Waals surface area contributed by atoms with Crippen molar-refractivity contribution in [3.05, 3.63) is 12.7 Å². The van der Waals surface area contributed by atoms with Gasteiger partial charge in [-0.3, -0.25) is 24.0 Å². The monoisotopic (exact) mass is 622 g/mol. The van der Waals surface area contributed by atoms with Gasteiger partial charge in [-0.15, -0.1) is 0 Å². The molecule has 4 amide bonds. The Kier molecular flexibility index (Phi) is 20.0. The molecule has 1 fully saturated rings. The van der Waals surface area contributed by atoms with Gasteiger partial charge in [-0.1, -0.05) is 98.1 Å². The lowest BCUT2D eigenvalue weighted by Crippen LogP contribution is -2.59. The van der Waals surface area contributed by atoms with Crippen LogP contribution in [-0.4, -0.2) is 72.1 Å². The van der Waals surface area contributed by atoms with E-state index in [1.54, 1.807) is 0 Å². The minimum atomic E-state index is -1.61. The summed E-state index contributed by atoms with van der Waals surface area (Å²) in [6.07, 6.45) is 10.9. The van der Waals surface area contributed by atoms with Crippen LogP contribution in [0, 0.1) is 11.8 Å². The number of carbonyl (C=O) groups is 5. The third-order valence-electron chi connectivity index (χ3n) is 8.22. The average Bonchev–Trinajstić information content (AvgIpc) is 3.02. The van der Waals surface area contributed by atoms with Crippen LogP contribution in [-0.2, 0) is 28.7 Å². The predicted octanol–water partition coefficient (Wildman–Crippen LogP) is 3.43. The molecule has 1 aliphatic carbocycles. The molecule has 0 aromatic heterocycles. The molecule has 1 saturated carbocycles. The molecule has 0 radical (unpaired) electrons. The Morgan fingerprint density at radius 2 is 1.50 bits per heavy atom. The number of nitrogens with one attached hydrogen (secondary N) is 4. The minimum absolute atomic E-state index is 0.0000808. The zero-order chi connectivity index (χ0) is 32.9. The fourth-order valence-corrected chi connectivity index (χ4v) is 5.48. The van der Waals surface area contributed by atoms with Crippen molar-refractivity contribution < 1.29 is 33.8 Å². The van der Waals surface area contributed by atoms with Crippen LogP contribution < -0.4 is 21.3 Å². The van der Waals surface area contributed by atoms with Crippen LogP contribution in [0.2, 0.25) is 0 Å². The highest BCUT2D eigenvalue weighted by Gasteiger charge is 2.35. The van der Waals surface area contributed by atoms with Crippen LogP contribution in [0.5, 0.6) is 0 Å². The summed E-state index contributed by atoms with van der Waals surface area (Å²) in [5, 5.41) is 21.8. The Bertz CT molecular complexity index is 907. The third-order valence-corrected chi connectivity index (χ3v) is 8.22. The second kappa shape index (κ2) is 22.5. The number of aliphatic hydroxyl groups excluding tert-OH is 1. The number of amides is 4. The molecule has 0 heterocycles. The molecule has 5 N–H and O–H groups in total. The molecular formula is C33H58N4O7. The summed E-state index contributed by atoms with van der Waals surface area (Å²) in [4.78, 5) is 64.8. The number of hydrogen-bond acceptors (Lipinski definition) is 7. The summed E-state index contributed by atoms with van der Waals surface area (Å²) in [6.45, 7) is 10.9. The van der Waals surface area contributed by atoms with Crippen molar-refractivity contribution in [2.75, 3.05) is 13.2 Å². The summed E-state index contributed by atoms with van der Waals surface area (Å²) in [5.41, 5.74) is 0. The smallest absolute Gasteiger partial charge is 0.325 e. The molecule has 0 spiro atoms. The van der Waals surface area contributed by atoms with Crippen molar-refractivity contribution in [1.82, 2.24) is 21.3 Å². The van der Waals surface area contributed by atoms with Crippen molar-refractivity contribution in [1.29, 1.82) is 0 Å². The van der Waals surface area contributed by atoms with Gasteiger partial charge in [-0.05, 0) is 38.0 Å². The molecule has 44 heavy (non-hydrogen) atoms.